The van der Waals surface area contributed by atoms with Gasteiger partial charge in [-0.25, -0.2) is 8.42 Å². The first-order valence-corrected chi connectivity index (χ1v) is 11.6. The van der Waals surface area contributed by atoms with Gasteiger partial charge in [0.1, 0.15) is 4.90 Å². The van der Waals surface area contributed by atoms with E-state index < -0.39 is 10.0 Å². The number of carbonyl (C=O) groups excluding carboxylic acids is 1. The fourth-order valence-electron chi connectivity index (χ4n) is 6.52. The quantitative estimate of drug-likeness (QED) is 0.781. The van der Waals surface area contributed by atoms with E-state index in [-0.39, 0.29) is 10.3 Å². The van der Waals surface area contributed by atoms with Gasteiger partial charge in [-0.2, -0.15) is 9.40 Å². The zero-order valence-electron chi connectivity index (χ0n) is 15.9. The first kappa shape index (κ1) is 17.7. The van der Waals surface area contributed by atoms with Crippen LogP contribution in [0.15, 0.2) is 17.3 Å². The fraction of sp³-hybridized carbons (Fsp3) is 0.789. The second kappa shape index (κ2) is 6.04. The molecule has 27 heavy (non-hydrogen) atoms. The molecule has 4 bridgehead atoms. The summed E-state index contributed by atoms with van der Waals surface area (Å²) in [6.45, 7) is 1.74. The van der Waals surface area contributed by atoms with Gasteiger partial charge in [0, 0.05) is 39.4 Å². The van der Waals surface area contributed by atoms with Crippen molar-refractivity contribution in [1.29, 1.82) is 0 Å². The maximum atomic E-state index is 13.4. The molecular formula is C19H28N4O3S. The molecule has 4 saturated carbocycles. The minimum Gasteiger partial charge on any atom is -0.340 e. The topological polar surface area (TPSA) is 75.5 Å². The predicted molar refractivity (Wildman–Crippen MR) is 99.2 cm³/mol. The van der Waals surface area contributed by atoms with Crippen LogP contribution in [0, 0.1) is 23.2 Å². The van der Waals surface area contributed by atoms with Gasteiger partial charge in [0.2, 0.25) is 15.9 Å². The maximum absolute atomic E-state index is 13.4. The van der Waals surface area contributed by atoms with Gasteiger partial charge in [0.05, 0.1) is 11.6 Å². The van der Waals surface area contributed by atoms with E-state index in [4.69, 9.17) is 0 Å². The van der Waals surface area contributed by atoms with E-state index in [1.165, 1.54) is 40.6 Å². The summed E-state index contributed by atoms with van der Waals surface area (Å²) >= 11 is 0. The number of rotatable bonds is 3. The monoisotopic (exact) mass is 392 g/mol. The van der Waals surface area contributed by atoms with Crippen molar-refractivity contribution in [2.24, 2.45) is 30.2 Å². The SMILES string of the molecule is Cn1cc(S(=O)(=O)N2CCN(C(=O)C34CC5CC(CC(C5)C3)C4)CC2)cn1. The van der Waals surface area contributed by atoms with Crippen LogP contribution in [0.3, 0.4) is 0 Å². The molecule has 0 spiro atoms. The first-order valence-electron chi connectivity index (χ1n) is 10.1. The number of amides is 1. The highest BCUT2D eigenvalue weighted by atomic mass is 32.2. The number of hydrogen-bond donors (Lipinski definition) is 0. The third kappa shape index (κ3) is 2.83. The molecule has 1 amide bonds. The summed E-state index contributed by atoms with van der Waals surface area (Å²) in [7, 11) is -1.81. The van der Waals surface area contributed by atoms with Crippen LogP contribution in [0.4, 0.5) is 0 Å². The van der Waals surface area contributed by atoms with Gasteiger partial charge in [0.25, 0.3) is 0 Å². The number of piperazine rings is 1. The van der Waals surface area contributed by atoms with Crippen LogP contribution >= 0.6 is 0 Å². The normalized spacial score (nSPS) is 36.3. The Labute approximate surface area is 160 Å². The van der Waals surface area contributed by atoms with E-state index >= 15 is 0 Å². The molecule has 0 radical (unpaired) electrons. The molecule has 8 heteroatoms. The second-order valence-corrected chi connectivity index (χ2v) is 11.2. The minimum atomic E-state index is -3.52. The maximum Gasteiger partial charge on any atom is 0.246 e. The molecule has 1 aromatic rings. The molecule has 0 unspecified atom stereocenters. The van der Waals surface area contributed by atoms with Crippen LogP contribution in [-0.2, 0) is 21.9 Å². The van der Waals surface area contributed by atoms with Gasteiger partial charge in [0.15, 0.2) is 0 Å². The van der Waals surface area contributed by atoms with Gasteiger partial charge in [-0.15, -0.1) is 0 Å². The van der Waals surface area contributed by atoms with Crippen molar-refractivity contribution in [1.82, 2.24) is 19.0 Å². The Hall–Kier alpha value is -1.41. The summed E-state index contributed by atoms with van der Waals surface area (Å²) in [4.78, 5) is 15.6. The lowest BCUT2D eigenvalue weighted by atomic mass is 9.49. The Morgan fingerprint density at radius 1 is 1.04 bits per heavy atom. The molecule has 0 N–H and O–H groups in total. The molecule has 2 heterocycles. The summed E-state index contributed by atoms with van der Waals surface area (Å²) in [6, 6.07) is 0. The summed E-state index contributed by atoms with van der Waals surface area (Å²) < 4.78 is 28.5. The molecule has 1 aromatic heterocycles. The van der Waals surface area contributed by atoms with Crippen LogP contribution in [0.2, 0.25) is 0 Å². The first-order chi connectivity index (χ1) is 12.9. The smallest absolute Gasteiger partial charge is 0.246 e. The van der Waals surface area contributed by atoms with Crippen LogP contribution in [0.5, 0.6) is 0 Å². The molecule has 148 valence electrons. The van der Waals surface area contributed by atoms with E-state index in [0.717, 1.165) is 37.0 Å². The van der Waals surface area contributed by atoms with Crippen LogP contribution in [-0.4, -0.2) is 59.5 Å². The van der Waals surface area contributed by atoms with E-state index in [0.29, 0.717) is 32.1 Å². The Balaban J connectivity index is 1.28. The largest absolute Gasteiger partial charge is 0.340 e. The fourth-order valence-corrected chi connectivity index (χ4v) is 7.93. The molecular weight excluding hydrogens is 364 g/mol. The Morgan fingerprint density at radius 2 is 1.59 bits per heavy atom. The van der Waals surface area contributed by atoms with E-state index in [1.54, 1.807) is 7.05 Å². The van der Waals surface area contributed by atoms with Crippen molar-refractivity contribution in [2.45, 2.75) is 43.4 Å². The summed E-state index contributed by atoms with van der Waals surface area (Å²) in [5.74, 6) is 2.53. The summed E-state index contributed by atoms with van der Waals surface area (Å²) in [5.41, 5.74) is -0.140. The van der Waals surface area contributed by atoms with Gasteiger partial charge in [-0.1, -0.05) is 0 Å². The highest BCUT2D eigenvalue weighted by Gasteiger charge is 2.55. The third-order valence-electron chi connectivity index (χ3n) is 7.34. The zero-order chi connectivity index (χ0) is 18.8. The molecule has 0 atom stereocenters. The standard InChI is InChI=1S/C19H28N4O3S/c1-21-13-17(12-20-21)27(25,26)23-4-2-22(3-5-23)18(24)19-9-14-6-15(10-19)8-16(7-14)11-19/h12-16H,2-11H2,1H3. The van der Waals surface area contributed by atoms with Crippen LogP contribution < -0.4 is 0 Å². The van der Waals surface area contributed by atoms with E-state index in [9.17, 15) is 13.2 Å². The van der Waals surface area contributed by atoms with Crippen molar-refractivity contribution in [2.75, 3.05) is 26.2 Å². The number of hydrogen-bond acceptors (Lipinski definition) is 4. The summed E-state index contributed by atoms with van der Waals surface area (Å²) in [6.07, 6.45) is 10.1. The zero-order valence-corrected chi connectivity index (χ0v) is 16.7. The van der Waals surface area contributed by atoms with Crippen LogP contribution in [0.25, 0.3) is 0 Å². The van der Waals surface area contributed by atoms with Crippen molar-refractivity contribution < 1.29 is 13.2 Å². The summed E-state index contributed by atoms with van der Waals surface area (Å²) in [5, 5.41) is 3.97. The minimum absolute atomic E-state index is 0.140. The number of sulfonamides is 1. The predicted octanol–water partition coefficient (Wildman–Crippen LogP) is 1.47. The Kier molecular flexibility index (Phi) is 3.95. The number of aromatic nitrogens is 2. The number of aryl methyl sites for hydroxylation is 1. The van der Waals surface area contributed by atoms with E-state index in [1.807, 2.05) is 4.90 Å². The van der Waals surface area contributed by atoms with Gasteiger partial charge < -0.3 is 4.90 Å². The van der Waals surface area contributed by atoms with Gasteiger partial charge in [-0.3, -0.25) is 9.48 Å². The van der Waals surface area contributed by atoms with Crippen molar-refractivity contribution in [3.63, 3.8) is 0 Å². The lowest BCUT2D eigenvalue weighted by Gasteiger charge is -2.57. The number of nitrogens with zero attached hydrogens (tertiary/aromatic N) is 4. The van der Waals surface area contributed by atoms with Crippen molar-refractivity contribution >= 4 is 15.9 Å². The molecule has 1 aliphatic heterocycles. The highest BCUT2D eigenvalue weighted by Crippen LogP contribution is 2.60. The lowest BCUT2D eigenvalue weighted by molar-refractivity contribution is -0.158. The third-order valence-corrected chi connectivity index (χ3v) is 9.19. The second-order valence-electron chi connectivity index (χ2n) is 9.24. The molecule has 0 aromatic carbocycles. The molecule has 5 aliphatic rings. The Bertz CT molecular complexity index is 819. The molecule has 1 saturated heterocycles. The average molecular weight is 393 g/mol. The Morgan fingerprint density at radius 3 is 2.07 bits per heavy atom. The number of carbonyl (C=O) groups is 1. The lowest BCUT2D eigenvalue weighted by Crippen LogP contribution is -2.58. The van der Waals surface area contributed by atoms with Crippen molar-refractivity contribution in [3.8, 4) is 0 Å². The van der Waals surface area contributed by atoms with Gasteiger partial charge >= 0.3 is 0 Å². The van der Waals surface area contributed by atoms with Gasteiger partial charge in [-0.05, 0) is 56.3 Å². The highest BCUT2D eigenvalue weighted by molar-refractivity contribution is 7.89. The van der Waals surface area contributed by atoms with Crippen molar-refractivity contribution in [3.05, 3.63) is 12.4 Å². The van der Waals surface area contributed by atoms with Crippen LogP contribution in [0.1, 0.15) is 38.5 Å². The molecule has 5 fully saturated rings. The van der Waals surface area contributed by atoms with E-state index in [2.05, 4.69) is 5.10 Å². The average Bonchev–Trinajstić information content (AvgIpc) is 3.07. The molecule has 6 rings (SSSR count). The molecule has 7 nitrogen and oxygen atoms in total. The molecule has 4 aliphatic carbocycles.